The van der Waals surface area contributed by atoms with Crippen LogP contribution in [-0.2, 0) is 0 Å². The Bertz CT molecular complexity index is 639. The molecule has 0 spiro atoms. The molecule has 2 aliphatic rings. The zero-order valence-corrected chi connectivity index (χ0v) is 11.6. The third-order valence-electron chi connectivity index (χ3n) is 4.01. The van der Waals surface area contributed by atoms with Crippen LogP contribution in [0.2, 0.25) is 0 Å². The topological polar surface area (TPSA) is 66.6 Å². The second kappa shape index (κ2) is 4.17. The van der Waals surface area contributed by atoms with E-state index in [0.29, 0.717) is 35.5 Å². The van der Waals surface area contributed by atoms with Crippen LogP contribution in [0.4, 0.5) is 0 Å². The highest BCUT2D eigenvalue weighted by atomic mass is 32.1. The fraction of sp³-hybridized carbons (Fsp3) is 0.429. The molecule has 2 aromatic rings. The van der Waals surface area contributed by atoms with Gasteiger partial charge in [0.25, 0.3) is 5.91 Å². The van der Waals surface area contributed by atoms with Crippen molar-refractivity contribution in [3.05, 3.63) is 29.5 Å². The fourth-order valence-electron chi connectivity index (χ4n) is 2.68. The molecular weight excluding hydrogens is 276 g/mol. The molecule has 4 rings (SSSR count). The predicted molar refractivity (Wildman–Crippen MR) is 73.4 cm³/mol. The molecule has 20 heavy (non-hydrogen) atoms. The van der Waals surface area contributed by atoms with Crippen molar-refractivity contribution in [2.75, 3.05) is 13.1 Å². The molecule has 1 N–H and O–H groups in total. The van der Waals surface area contributed by atoms with E-state index in [0.717, 1.165) is 12.8 Å². The van der Waals surface area contributed by atoms with Crippen LogP contribution in [0.3, 0.4) is 0 Å². The minimum atomic E-state index is -0.643. The Hall–Kier alpha value is -1.66. The standard InChI is InChI=1S/C14H14N2O3S/c17-13(16-7-14(18,8-16)9-3-4-9)10-6-20-12(15-10)11-2-1-5-19-11/h1-2,5-6,9,18H,3-4,7-8H2. The molecule has 1 aliphatic heterocycles. The molecule has 1 saturated heterocycles. The van der Waals surface area contributed by atoms with Gasteiger partial charge >= 0.3 is 0 Å². The summed E-state index contributed by atoms with van der Waals surface area (Å²) in [4.78, 5) is 18.3. The van der Waals surface area contributed by atoms with Crippen LogP contribution in [-0.4, -0.2) is 39.6 Å². The highest BCUT2D eigenvalue weighted by Gasteiger charge is 2.53. The number of nitrogens with zero attached hydrogens (tertiary/aromatic N) is 2. The molecule has 1 saturated carbocycles. The number of β-amino-alcohol motifs (C(OH)–C–C–N with tert-alkyl or cyclic N) is 1. The van der Waals surface area contributed by atoms with Gasteiger partial charge < -0.3 is 14.4 Å². The lowest BCUT2D eigenvalue weighted by Crippen LogP contribution is -2.64. The maximum absolute atomic E-state index is 12.3. The quantitative estimate of drug-likeness (QED) is 0.939. The summed E-state index contributed by atoms with van der Waals surface area (Å²) in [6.45, 7) is 0.869. The number of thiazole rings is 1. The molecule has 0 radical (unpaired) electrons. The number of aliphatic hydroxyl groups is 1. The number of furan rings is 1. The number of rotatable bonds is 3. The van der Waals surface area contributed by atoms with E-state index in [1.54, 1.807) is 22.6 Å². The Balaban J connectivity index is 1.47. The van der Waals surface area contributed by atoms with Crippen LogP contribution < -0.4 is 0 Å². The van der Waals surface area contributed by atoms with Gasteiger partial charge in [-0.25, -0.2) is 4.98 Å². The minimum absolute atomic E-state index is 0.107. The summed E-state index contributed by atoms with van der Waals surface area (Å²) >= 11 is 1.39. The molecule has 2 aromatic heterocycles. The van der Waals surface area contributed by atoms with Gasteiger partial charge in [-0.05, 0) is 30.9 Å². The number of amides is 1. The lowest BCUT2D eigenvalue weighted by molar-refractivity contribution is -0.0959. The third kappa shape index (κ3) is 1.87. The molecule has 0 unspecified atom stereocenters. The minimum Gasteiger partial charge on any atom is -0.462 e. The second-order valence-electron chi connectivity index (χ2n) is 5.55. The van der Waals surface area contributed by atoms with Gasteiger partial charge in [-0.3, -0.25) is 4.79 Å². The first-order valence-corrected chi connectivity index (χ1v) is 7.55. The van der Waals surface area contributed by atoms with Crippen molar-refractivity contribution in [1.82, 2.24) is 9.88 Å². The van der Waals surface area contributed by atoms with Gasteiger partial charge in [0.05, 0.1) is 19.4 Å². The van der Waals surface area contributed by atoms with Crippen LogP contribution in [0.1, 0.15) is 23.3 Å². The number of likely N-dealkylation sites (tertiary alicyclic amines) is 1. The van der Waals surface area contributed by atoms with E-state index in [1.807, 2.05) is 6.07 Å². The number of hydrogen-bond acceptors (Lipinski definition) is 5. The van der Waals surface area contributed by atoms with Gasteiger partial charge in [-0.1, -0.05) is 0 Å². The van der Waals surface area contributed by atoms with E-state index >= 15 is 0 Å². The molecule has 2 fully saturated rings. The van der Waals surface area contributed by atoms with Crippen molar-refractivity contribution in [3.63, 3.8) is 0 Å². The van der Waals surface area contributed by atoms with E-state index < -0.39 is 5.60 Å². The van der Waals surface area contributed by atoms with E-state index in [2.05, 4.69) is 4.98 Å². The summed E-state index contributed by atoms with van der Waals surface area (Å²) in [6.07, 6.45) is 3.75. The Morgan fingerprint density at radius 1 is 1.50 bits per heavy atom. The fourth-order valence-corrected chi connectivity index (χ4v) is 3.44. The van der Waals surface area contributed by atoms with Gasteiger partial charge in [0, 0.05) is 5.38 Å². The largest absolute Gasteiger partial charge is 0.462 e. The van der Waals surface area contributed by atoms with Crippen molar-refractivity contribution < 1.29 is 14.3 Å². The lowest BCUT2D eigenvalue weighted by Gasteiger charge is -2.46. The smallest absolute Gasteiger partial charge is 0.273 e. The van der Waals surface area contributed by atoms with Crippen LogP contribution in [0.15, 0.2) is 28.2 Å². The number of aromatic nitrogens is 1. The summed E-state index contributed by atoms with van der Waals surface area (Å²) in [5.74, 6) is 0.956. The number of hydrogen-bond donors (Lipinski definition) is 1. The van der Waals surface area contributed by atoms with Gasteiger partial charge in [0.1, 0.15) is 11.3 Å². The second-order valence-corrected chi connectivity index (χ2v) is 6.41. The van der Waals surface area contributed by atoms with Crippen molar-refractivity contribution in [3.8, 4) is 10.8 Å². The summed E-state index contributed by atoms with van der Waals surface area (Å²) < 4.78 is 5.27. The molecule has 5 nitrogen and oxygen atoms in total. The zero-order chi connectivity index (χ0) is 13.7. The summed E-state index contributed by atoms with van der Waals surface area (Å²) in [7, 11) is 0. The Morgan fingerprint density at radius 3 is 2.95 bits per heavy atom. The summed E-state index contributed by atoms with van der Waals surface area (Å²) in [5, 5.41) is 12.7. The molecule has 3 heterocycles. The number of carbonyl (C=O) groups excluding carboxylic acids is 1. The Morgan fingerprint density at radius 2 is 2.30 bits per heavy atom. The van der Waals surface area contributed by atoms with Gasteiger partial charge in [0.15, 0.2) is 10.8 Å². The van der Waals surface area contributed by atoms with E-state index in [-0.39, 0.29) is 5.91 Å². The van der Waals surface area contributed by atoms with Gasteiger partial charge in [-0.15, -0.1) is 11.3 Å². The zero-order valence-electron chi connectivity index (χ0n) is 10.8. The van der Waals surface area contributed by atoms with Gasteiger partial charge in [-0.2, -0.15) is 0 Å². The maximum Gasteiger partial charge on any atom is 0.273 e. The monoisotopic (exact) mass is 290 g/mol. The molecular formula is C14H14N2O3S. The molecule has 6 heteroatoms. The maximum atomic E-state index is 12.3. The molecule has 0 atom stereocenters. The van der Waals surface area contributed by atoms with Crippen LogP contribution in [0.25, 0.3) is 10.8 Å². The predicted octanol–water partition coefficient (Wildman–Crippen LogP) is 2.00. The number of carbonyl (C=O) groups is 1. The van der Waals surface area contributed by atoms with Crippen molar-refractivity contribution in [2.45, 2.75) is 18.4 Å². The van der Waals surface area contributed by atoms with E-state index in [1.165, 1.54) is 11.3 Å². The van der Waals surface area contributed by atoms with Crippen LogP contribution >= 0.6 is 11.3 Å². The Kier molecular flexibility index (Phi) is 2.52. The van der Waals surface area contributed by atoms with Crippen molar-refractivity contribution >= 4 is 17.2 Å². The van der Waals surface area contributed by atoms with Crippen molar-refractivity contribution in [2.24, 2.45) is 5.92 Å². The average molecular weight is 290 g/mol. The first-order chi connectivity index (χ1) is 9.66. The molecule has 1 amide bonds. The summed E-state index contributed by atoms with van der Waals surface area (Å²) in [6, 6.07) is 3.62. The van der Waals surface area contributed by atoms with Crippen LogP contribution in [0, 0.1) is 5.92 Å². The normalized spacial score (nSPS) is 20.8. The average Bonchev–Trinajstić information content (AvgIpc) is 2.93. The molecule has 104 valence electrons. The van der Waals surface area contributed by atoms with Crippen molar-refractivity contribution in [1.29, 1.82) is 0 Å². The lowest BCUT2D eigenvalue weighted by atomic mass is 9.88. The highest BCUT2D eigenvalue weighted by Crippen LogP contribution is 2.44. The third-order valence-corrected chi connectivity index (χ3v) is 4.87. The molecule has 1 aliphatic carbocycles. The molecule has 0 bridgehead atoms. The highest BCUT2D eigenvalue weighted by molar-refractivity contribution is 7.13. The first-order valence-electron chi connectivity index (χ1n) is 6.67. The van der Waals surface area contributed by atoms with E-state index in [4.69, 9.17) is 4.42 Å². The first kappa shape index (κ1) is 12.1. The van der Waals surface area contributed by atoms with Gasteiger partial charge in [0.2, 0.25) is 0 Å². The summed E-state index contributed by atoms with van der Waals surface area (Å²) in [5.41, 5.74) is -0.213. The van der Waals surface area contributed by atoms with Crippen LogP contribution in [0.5, 0.6) is 0 Å². The van der Waals surface area contributed by atoms with E-state index in [9.17, 15) is 9.90 Å². The SMILES string of the molecule is O=C(c1csc(-c2ccco2)n1)N1CC(O)(C2CC2)C1. The Labute approximate surface area is 119 Å². The molecule has 0 aromatic carbocycles.